The van der Waals surface area contributed by atoms with Crippen LogP contribution in [-0.2, 0) is 28.5 Å². The average Bonchev–Trinajstić information content (AvgIpc) is 3.21. The van der Waals surface area contributed by atoms with Crippen molar-refractivity contribution in [1.29, 1.82) is 0 Å². The lowest BCUT2D eigenvalue weighted by Crippen LogP contribution is -2.66. The van der Waals surface area contributed by atoms with E-state index in [1.165, 1.54) is 19.3 Å². The van der Waals surface area contributed by atoms with Crippen LogP contribution in [0, 0.1) is 28.6 Å². The van der Waals surface area contributed by atoms with E-state index in [4.69, 9.17) is 18.9 Å². The Morgan fingerprint density at radius 1 is 1.17 bits per heavy atom. The van der Waals surface area contributed by atoms with Crippen LogP contribution in [0.15, 0.2) is 23.8 Å². The number of Topliss-reactive ketones (excluding diaryl/α,β-unsaturated/α-hetero) is 1. The van der Waals surface area contributed by atoms with Crippen molar-refractivity contribution in [2.75, 3.05) is 40.0 Å². The molecule has 0 aliphatic heterocycles. The van der Waals surface area contributed by atoms with Crippen molar-refractivity contribution in [2.24, 2.45) is 28.6 Å². The van der Waals surface area contributed by atoms with Crippen LogP contribution in [0.4, 0.5) is 9.18 Å². The summed E-state index contributed by atoms with van der Waals surface area (Å²) in [7, 11) is 1.51. The number of aliphatic hydroxyl groups is 1. The molecule has 3 saturated carbocycles. The van der Waals surface area contributed by atoms with Crippen molar-refractivity contribution < 1.29 is 42.8 Å². The third-order valence-corrected chi connectivity index (χ3v) is 10.8. The van der Waals surface area contributed by atoms with E-state index in [1.54, 1.807) is 26.8 Å². The monoisotopic (exact) mass is 593 g/mol. The molecule has 42 heavy (non-hydrogen) atoms. The second kappa shape index (κ2) is 12.1. The van der Waals surface area contributed by atoms with Gasteiger partial charge in [-0.15, -0.1) is 0 Å². The Labute approximate surface area is 248 Å². The molecule has 9 nitrogen and oxygen atoms in total. The van der Waals surface area contributed by atoms with Crippen LogP contribution in [0.2, 0.25) is 0 Å². The number of hydrogen-bond acceptors (Lipinski definition) is 9. The van der Waals surface area contributed by atoms with Crippen molar-refractivity contribution in [3.8, 4) is 0 Å². The van der Waals surface area contributed by atoms with Gasteiger partial charge in [0, 0.05) is 25.0 Å². The highest BCUT2D eigenvalue weighted by atomic mass is 19.1. The van der Waals surface area contributed by atoms with Gasteiger partial charge in [0.05, 0.1) is 18.1 Å². The smallest absolute Gasteiger partial charge is 0.433 e. The number of aliphatic hydroxyl groups excluding tert-OH is 1. The molecule has 1 N–H and O–H groups in total. The molecule has 3 fully saturated rings. The topological polar surface area (TPSA) is 112 Å². The van der Waals surface area contributed by atoms with E-state index in [0.717, 1.165) is 13.1 Å². The van der Waals surface area contributed by atoms with E-state index < -0.39 is 59.1 Å². The van der Waals surface area contributed by atoms with Crippen molar-refractivity contribution in [3.05, 3.63) is 23.8 Å². The summed E-state index contributed by atoms with van der Waals surface area (Å²) in [6.45, 7) is 13.1. The van der Waals surface area contributed by atoms with Crippen LogP contribution in [0.25, 0.3) is 0 Å². The van der Waals surface area contributed by atoms with Crippen molar-refractivity contribution >= 4 is 17.7 Å². The molecule has 0 radical (unpaired) electrons. The van der Waals surface area contributed by atoms with Crippen molar-refractivity contribution in [2.45, 2.75) is 90.9 Å². The Hall–Kier alpha value is -2.14. The normalized spacial score (nSPS) is 37.5. The summed E-state index contributed by atoms with van der Waals surface area (Å²) in [4.78, 5) is 40.4. The molecule has 10 heteroatoms. The number of fused-ring (bicyclic) bond motifs is 5. The molecule has 0 bridgehead atoms. The lowest BCUT2D eigenvalue weighted by Gasteiger charge is -2.61. The van der Waals surface area contributed by atoms with Gasteiger partial charge < -0.3 is 29.0 Å². The molecule has 0 aromatic carbocycles. The first-order valence-electron chi connectivity index (χ1n) is 15.3. The van der Waals surface area contributed by atoms with Gasteiger partial charge in [0.2, 0.25) is 0 Å². The fourth-order valence-corrected chi connectivity index (χ4v) is 8.37. The molecule has 4 aliphatic carbocycles. The van der Waals surface area contributed by atoms with Crippen LogP contribution in [-0.4, -0.2) is 91.3 Å². The number of nitrogens with zero attached hydrogens (tertiary/aromatic N) is 1. The summed E-state index contributed by atoms with van der Waals surface area (Å²) in [6.07, 6.45) is 2.92. The summed E-state index contributed by atoms with van der Waals surface area (Å²) in [5.74, 6) is -3.21. The molecule has 0 unspecified atom stereocenters. The van der Waals surface area contributed by atoms with Gasteiger partial charge >= 0.3 is 6.16 Å². The number of carbonyl (C=O) groups excluding carboxylic acids is 3. The number of rotatable bonds is 11. The van der Waals surface area contributed by atoms with Gasteiger partial charge in [0.25, 0.3) is 0 Å². The minimum atomic E-state index is -2.02. The van der Waals surface area contributed by atoms with Crippen LogP contribution in [0.5, 0.6) is 0 Å². The zero-order valence-corrected chi connectivity index (χ0v) is 26.1. The highest BCUT2D eigenvalue weighted by Gasteiger charge is 2.72. The Balaban J connectivity index is 1.58. The number of halogens is 1. The van der Waals surface area contributed by atoms with E-state index in [2.05, 4.69) is 4.90 Å². The van der Waals surface area contributed by atoms with Crippen LogP contribution < -0.4 is 0 Å². The predicted molar refractivity (Wildman–Crippen MR) is 153 cm³/mol. The van der Waals surface area contributed by atoms with Crippen molar-refractivity contribution in [3.63, 3.8) is 0 Å². The molecule has 8 atom stereocenters. The number of alkyl halides is 1. The molecular weight excluding hydrogens is 545 g/mol. The fraction of sp³-hybridized carbons (Fsp3) is 0.781. The zero-order chi connectivity index (χ0) is 31.1. The van der Waals surface area contributed by atoms with E-state index in [9.17, 15) is 19.5 Å². The number of hydrogen-bond donors (Lipinski definition) is 1. The molecule has 0 saturated heterocycles. The van der Waals surface area contributed by atoms with Crippen LogP contribution in [0.3, 0.4) is 0 Å². The van der Waals surface area contributed by atoms with Gasteiger partial charge in [-0.3, -0.25) is 9.59 Å². The molecule has 0 aromatic heterocycles. The summed E-state index contributed by atoms with van der Waals surface area (Å²) < 4.78 is 39.8. The van der Waals surface area contributed by atoms with Gasteiger partial charge in [-0.05, 0) is 83.0 Å². The first-order valence-corrected chi connectivity index (χ1v) is 15.3. The molecule has 4 rings (SSSR count). The second-order valence-electron chi connectivity index (χ2n) is 13.2. The number of likely N-dealkylation sites (N-methyl/N-ethyl adjacent to an activating group) is 1. The van der Waals surface area contributed by atoms with Crippen molar-refractivity contribution in [1.82, 2.24) is 4.90 Å². The van der Waals surface area contributed by atoms with Gasteiger partial charge in [0.1, 0.15) is 6.61 Å². The number of ether oxygens (including phenoxy) is 4. The van der Waals surface area contributed by atoms with E-state index in [0.29, 0.717) is 31.4 Å². The summed E-state index contributed by atoms with van der Waals surface area (Å²) >= 11 is 0. The highest BCUT2D eigenvalue weighted by Crippen LogP contribution is 2.69. The molecule has 4 aliphatic rings. The molecule has 0 amide bonds. The second-order valence-corrected chi connectivity index (χ2v) is 13.2. The van der Waals surface area contributed by atoms with Gasteiger partial charge in [-0.2, -0.15) is 0 Å². The third-order valence-electron chi connectivity index (χ3n) is 10.8. The Kier molecular flexibility index (Phi) is 9.44. The maximum atomic E-state index is 17.5. The van der Waals surface area contributed by atoms with Gasteiger partial charge in [-0.25, -0.2) is 9.18 Å². The number of allylic oxidation sites excluding steroid dienone is 4. The standard InChI is InChI=1S/C32H48FNO8/c1-8-34(9-2)14-15-40-28(38)41-19-24(36)27-25(42-29(3,4)39-7)17-23-22-11-10-20-16-21(35)12-13-31(20,6)32(22,33)26(37)18-30(23,27)5/h12-13,16,22-23,25-27,37H,8-11,14-15,17-19H2,1-7H3/t22-,23-,25+,26-,27-,30-,31-,32-/m0/s1. The highest BCUT2D eigenvalue weighted by molar-refractivity contribution is 6.01. The predicted octanol–water partition coefficient (Wildman–Crippen LogP) is 4.42. The first-order chi connectivity index (χ1) is 19.7. The Morgan fingerprint density at radius 3 is 2.50 bits per heavy atom. The van der Waals surface area contributed by atoms with Gasteiger partial charge in [0.15, 0.2) is 29.6 Å². The molecule has 0 spiro atoms. The summed E-state index contributed by atoms with van der Waals surface area (Å²) in [6, 6.07) is 0. The average molecular weight is 594 g/mol. The largest absolute Gasteiger partial charge is 0.508 e. The molecule has 0 aromatic rings. The van der Waals surface area contributed by atoms with E-state index in [-0.39, 0.29) is 30.5 Å². The number of methoxy groups -OCH3 is 1. The minimum absolute atomic E-state index is 0.0211. The van der Waals surface area contributed by atoms with Crippen LogP contribution in [0.1, 0.15) is 67.2 Å². The fourth-order valence-electron chi connectivity index (χ4n) is 8.37. The van der Waals surface area contributed by atoms with Crippen LogP contribution >= 0.6 is 0 Å². The number of carbonyl (C=O) groups is 3. The third kappa shape index (κ3) is 5.60. The number of ketones is 2. The van der Waals surface area contributed by atoms with E-state index >= 15 is 4.39 Å². The zero-order valence-electron chi connectivity index (χ0n) is 26.1. The maximum absolute atomic E-state index is 17.5. The summed E-state index contributed by atoms with van der Waals surface area (Å²) in [5, 5.41) is 11.6. The summed E-state index contributed by atoms with van der Waals surface area (Å²) in [5.41, 5.74) is -3.29. The van der Waals surface area contributed by atoms with Gasteiger partial charge in [-0.1, -0.05) is 32.4 Å². The lowest BCUT2D eigenvalue weighted by atomic mass is 9.45. The molecule has 236 valence electrons. The quantitative estimate of drug-likeness (QED) is 0.275. The maximum Gasteiger partial charge on any atom is 0.508 e. The Bertz CT molecular complexity index is 1120. The molecular formula is C32H48FNO8. The molecule has 0 heterocycles. The lowest BCUT2D eigenvalue weighted by molar-refractivity contribution is -0.232. The Morgan fingerprint density at radius 2 is 1.86 bits per heavy atom. The minimum Gasteiger partial charge on any atom is -0.433 e. The van der Waals surface area contributed by atoms with E-state index in [1.807, 2.05) is 20.8 Å². The first kappa shape index (κ1) is 32.8. The SMILES string of the molecule is CCN(CC)CCOC(=O)OCC(=O)[C@H]1[C@H](OC(C)(C)OC)C[C@H]2[C@@H]3CCC4=CC(=O)C=C[C@]4(C)[C@@]3(F)[C@@H](O)C[C@@]21C.